The molecular weight excluding hydrogens is 372 g/mol. The van der Waals surface area contributed by atoms with Crippen LogP contribution in [-0.2, 0) is 9.53 Å². The number of carbonyl (C=O) groups is 2. The highest BCUT2D eigenvalue weighted by Gasteiger charge is 2.15. The maximum Gasteiger partial charge on any atom is 0.407 e. The zero-order chi connectivity index (χ0) is 22.1. The number of aliphatic hydroxyl groups is 1. The Hall–Kier alpha value is -1.86. The number of nitrogens with zero attached hydrogens (tertiary/aromatic N) is 1. The second-order valence-electron chi connectivity index (χ2n) is 7.55. The van der Waals surface area contributed by atoms with Crippen molar-refractivity contribution in [3.8, 4) is 0 Å². The van der Waals surface area contributed by atoms with Crippen LogP contribution in [0.3, 0.4) is 0 Å². The number of esters is 1. The predicted octanol–water partition coefficient (Wildman–Crippen LogP) is 3.44. The van der Waals surface area contributed by atoms with Crippen LogP contribution in [0.25, 0.3) is 0 Å². The summed E-state index contributed by atoms with van der Waals surface area (Å²) in [4.78, 5) is 23.0. The second-order valence-corrected chi connectivity index (χ2v) is 7.55. The van der Waals surface area contributed by atoms with Gasteiger partial charge in [-0.2, -0.15) is 0 Å². The monoisotopic (exact) mass is 412 g/mol. The second kappa shape index (κ2) is 17.0. The number of piperazine rings is 1. The average molecular weight is 413 g/mol. The van der Waals surface area contributed by atoms with Crippen molar-refractivity contribution in [2.75, 3.05) is 32.8 Å². The molecule has 2 rings (SSSR count). The first kappa shape index (κ1) is 27.1. The van der Waals surface area contributed by atoms with Gasteiger partial charge in [0, 0.05) is 32.1 Å². The summed E-state index contributed by atoms with van der Waals surface area (Å²) in [6, 6.07) is 0. The van der Waals surface area contributed by atoms with E-state index in [-0.39, 0.29) is 18.3 Å². The van der Waals surface area contributed by atoms with Gasteiger partial charge in [0.05, 0.1) is 19.1 Å². The van der Waals surface area contributed by atoms with E-state index in [1.807, 2.05) is 32.9 Å². The zero-order valence-electron chi connectivity index (χ0n) is 18.5. The van der Waals surface area contributed by atoms with Gasteiger partial charge in [0.15, 0.2) is 0 Å². The van der Waals surface area contributed by atoms with Gasteiger partial charge in [-0.15, -0.1) is 0 Å². The molecule has 0 aliphatic carbocycles. The van der Waals surface area contributed by atoms with Crippen molar-refractivity contribution in [2.45, 2.75) is 59.5 Å². The molecule has 1 amide bonds. The third-order valence-electron chi connectivity index (χ3n) is 4.63. The van der Waals surface area contributed by atoms with E-state index in [1.165, 1.54) is 4.90 Å². The molecular formula is C22H40N2O5. The Balaban J connectivity index is 0.000000504. The van der Waals surface area contributed by atoms with Gasteiger partial charge in [-0.25, -0.2) is 4.79 Å². The summed E-state index contributed by atoms with van der Waals surface area (Å²) in [5, 5.41) is 21.1. The molecule has 1 saturated heterocycles. The lowest BCUT2D eigenvalue weighted by molar-refractivity contribution is -0.146. The Bertz CT molecular complexity index is 497. The number of allylic oxidation sites excluding steroid dienone is 3. The van der Waals surface area contributed by atoms with Crippen molar-refractivity contribution >= 4 is 12.1 Å². The molecule has 0 saturated carbocycles. The van der Waals surface area contributed by atoms with Crippen LogP contribution in [0.1, 0.15) is 53.4 Å². The maximum absolute atomic E-state index is 11.3. The van der Waals surface area contributed by atoms with E-state index in [0.29, 0.717) is 32.0 Å². The number of rotatable bonds is 0. The molecule has 3 atom stereocenters. The molecule has 29 heavy (non-hydrogen) atoms. The number of carbonyl (C=O) groups excluding carboxylic acids is 1. The fourth-order valence-electron chi connectivity index (χ4n) is 2.63. The summed E-state index contributed by atoms with van der Waals surface area (Å²) in [7, 11) is 0. The van der Waals surface area contributed by atoms with Crippen LogP contribution in [-0.4, -0.2) is 66.1 Å². The highest BCUT2D eigenvalue weighted by Crippen LogP contribution is 2.16. The minimum absolute atomic E-state index is 0.128. The van der Waals surface area contributed by atoms with E-state index in [1.54, 1.807) is 0 Å². The van der Waals surface area contributed by atoms with Crippen LogP contribution in [0.4, 0.5) is 4.79 Å². The van der Waals surface area contributed by atoms with Gasteiger partial charge < -0.3 is 25.2 Å². The van der Waals surface area contributed by atoms with Crippen molar-refractivity contribution in [1.29, 1.82) is 0 Å². The van der Waals surface area contributed by atoms with E-state index >= 15 is 0 Å². The smallest absolute Gasteiger partial charge is 0.407 e. The first-order valence-corrected chi connectivity index (χ1v) is 10.6. The summed E-state index contributed by atoms with van der Waals surface area (Å²) in [6.07, 6.45) is 9.69. The number of hydrogen-bond donors (Lipinski definition) is 3. The Kier molecular flexibility index (Phi) is 15.9. The fourth-order valence-corrected chi connectivity index (χ4v) is 2.63. The molecule has 3 unspecified atom stereocenters. The Morgan fingerprint density at radius 3 is 2.34 bits per heavy atom. The van der Waals surface area contributed by atoms with Crippen LogP contribution < -0.4 is 5.32 Å². The molecule has 7 heteroatoms. The number of carboxylic acid groups (broad SMARTS) is 1. The zero-order valence-corrected chi connectivity index (χ0v) is 18.5. The summed E-state index contributed by atoms with van der Waals surface area (Å²) >= 11 is 0. The molecule has 0 aromatic rings. The summed E-state index contributed by atoms with van der Waals surface area (Å²) in [6.45, 7) is 11.4. The van der Waals surface area contributed by atoms with Gasteiger partial charge in [0.2, 0.25) is 0 Å². The van der Waals surface area contributed by atoms with Gasteiger partial charge >= 0.3 is 12.1 Å². The van der Waals surface area contributed by atoms with Gasteiger partial charge in [-0.1, -0.05) is 38.2 Å². The summed E-state index contributed by atoms with van der Waals surface area (Å²) < 4.78 is 5.07. The average Bonchev–Trinajstić information content (AvgIpc) is 2.71. The molecule has 1 fully saturated rings. The van der Waals surface area contributed by atoms with E-state index in [9.17, 15) is 14.7 Å². The third kappa shape index (κ3) is 15.7. The molecule has 7 nitrogen and oxygen atoms in total. The summed E-state index contributed by atoms with van der Waals surface area (Å²) in [5.74, 6) is 0.530. The van der Waals surface area contributed by atoms with E-state index in [2.05, 4.69) is 24.4 Å². The number of cyclic esters (lactones) is 1. The highest BCUT2D eigenvalue weighted by atomic mass is 16.5. The number of ether oxygens (including phenoxy) is 1. The molecule has 168 valence electrons. The minimum Gasteiger partial charge on any atom is -0.465 e. The standard InChI is InChI=1S/C13H22O3.C5H10N2O2.C4H8/c1-10-4-3-5-11(2)9-16-13(15)8-12(14)7-6-10;8-5(9)7-3-1-6-2-4-7;1-3-4-2/h3,5,10-12,14H,4,6-9H2,1-2H3;6H,1-4H2,(H,8,9);3-4H,1-2H3/b5-3+;;4-3-. The third-order valence-corrected chi connectivity index (χ3v) is 4.63. The molecule has 2 aliphatic rings. The van der Waals surface area contributed by atoms with Gasteiger partial charge in [-0.3, -0.25) is 4.79 Å². The maximum atomic E-state index is 11.3. The van der Waals surface area contributed by atoms with E-state index < -0.39 is 12.2 Å². The lowest BCUT2D eigenvalue weighted by Crippen LogP contribution is -2.45. The molecule has 2 aliphatic heterocycles. The molecule has 0 aromatic heterocycles. The highest BCUT2D eigenvalue weighted by molar-refractivity contribution is 5.69. The lowest BCUT2D eigenvalue weighted by atomic mass is 9.97. The van der Waals surface area contributed by atoms with Crippen molar-refractivity contribution in [2.24, 2.45) is 11.8 Å². The summed E-state index contributed by atoms with van der Waals surface area (Å²) in [5.41, 5.74) is 0. The van der Waals surface area contributed by atoms with Crippen molar-refractivity contribution in [3.63, 3.8) is 0 Å². The largest absolute Gasteiger partial charge is 0.465 e. The number of nitrogens with one attached hydrogen (secondary N) is 1. The van der Waals surface area contributed by atoms with Crippen molar-refractivity contribution < 1.29 is 24.5 Å². The van der Waals surface area contributed by atoms with Crippen LogP contribution in [0, 0.1) is 11.8 Å². The van der Waals surface area contributed by atoms with Crippen LogP contribution >= 0.6 is 0 Å². The normalized spacial score (nSPS) is 27.1. The molecule has 3 N–H and O–H groups in total. The molecule has 2 heterocycles. The number of hydrogen-bond acceptors (Lipinski definition) is 5. The topological polar surface area (TPSA) is 99.1 Å². The van der Waals surface area contributed by atoms with E-state index in [4.69, 9.17) is 9.84 Å². The molecule has 0 radical (unpaired) electrons. The molecule has 0 bridgehead atoms. The van der Waals surface area contributed by atoms with Gasteiger partial charge in [0.25, 0.3) is 0 Å². The molecule has 0 spiro atoms. The number of amides is 1. The predicted molar refractivity (Wildman–Crippen MR) is 116 cm³/mol. The van der Waals surface area contributed by atoms with Crippen LogP contribution in [0.5, 0.6) is 0 Å². The van der Waals surface area contributed by atoms with E-state index in [0.717, 1.165) is 25.9 Å². The van der Waals surface area contributed by atoms with Crippen LogP contribution in [0.2, 0.25) is 0 Å². The van der Waals surface area contributed by atoms with Gasteiger partial charge in [0.1, 0.15) is 0 Å². The van der Waals surface area contributed by atoms with Crippen LogP contribution in [0.15, 0.2) is 24.3 Å². The Morgan fingerprint density at radius 1 is 1.21 bits per heavy atom. The van der Waals surface area contributed by atoms with Gasteiger partial charge in [-0.05, 0) is 39.0 Å². The molecule has 0 aromatic carbocycles. The Morgan fingerprint density at radius 2 is 1.83 bits per heavy atom. The lowest BCUT2D eigenvalue weighted by Gasteiger charge is -2.23. The van der Waals surface area contributed by atoms with Crippen molar-refractivity contribution in [3.05, 3.63) is 24.3 Å². The van der Waals surface area contributed by atoms with Crippen molar-refractivity contribution in [1.82, 2.24) is 10.2 Å². The minimum atomic E-state index is -0.809. The SMILES string of the molecule is C/C=C\C.CC1/C=C/CC(C)CCC(O)CC(=O)OC1.O=C(O)N1CCNCC1. The first-order chi connectivity index (χ1) is 13.8. The Labute approximate surface area is 175 Å². The quantitative estimate of drug-likeness (QED) is 0.416. The first-order valence-electron chi connectivity index (χ1n) is 10.6. The fraction of sp³-hybridized carbons (Fsp3) is 0.727. The number of aliphatic hydroxyl groups excluding tert-OH is 1.